The van der Waals surface area contributed by atoms with E-state index in [1.165, 1.54) is 5.56 Å². The number of fused-ring (bicyclic) bond motifs is 1. The van der Waals surface area contributed by atoms with Gasteiger partial charge in [-0.1, -0.05) is 23.8 Å². The molecule has 1 aliphatic heterocycles. The number of thiophene rings is 1. The summed E-state index contributed by atoms with van der Waals surface area (Å²) >= 11 is 1.66. The molecule has 4 nitrogen and oxygen atoms in total. The lowest BCUT2D eigenvalue weighted by molar-refractivity contribution is 0.0989. The van der Waals surface area contributed by atoms with Gasteiger partial charge >= 0.3 is 0 Å². The maximum absolute atomic E-state index is 12.8. The number of H-pyrrole nitrogens is 1. The highest BCUT2D eigenvalue weighted by Crippen LogP contribution is 2.43. The Morgan fingerprint density at radius 3 is 2.64 bits per heavy atom. The summed E-state index contributed by atoms with van der Waals surface area (Å²) in [6, 6.07) is 12.1. The van der Waals surface area contributed by atoms with Crippen LogP contribution in [-0.4, -0.2) is 16.1 Å². The van der Waals surface area contributed by atoms with Crippen LogP contribution in [0.1, 0.15) is 38.2 Å². The van der Waals surface area contributed by atoms with E-state index in [-0.39, 0.29) is 11.9 Å². The van der Waals surface area contributed by atoms with Crippen LogP contribution in [0.3, 0.4) is 0 Å². The Hall–Kier alpha value is -2.40. The molecule has 0 saturated heterocycles. The number of nitrogens with zero attached hydrogens (tertiary/aromatic N) is 2. The molecule has 0 fully saturated rings. The molecule has 1 amide bonds. The highest BCUT2D eigenvalue weighted by molar-refractivity contribution is 7.10. The molecule has 22 heavy (non-hydrogen) atoms. The number of amides is 1. The van der Waals surface area contributed by atoms with Gasteiger partial charge in [0, 0.05) is 21.8 Å². The highest BCUT2D eigenvalue weighted by Gasteiger charge is 2.42. The summed E-state index contributed by atoms with van der Waals surface area (Å²) in [5, 5.41) is 9.21. The lowest BCUT2D eigenvalue weighted by Gasteiger charge is -2.25. The van der Waals surface area contributed by atoms with Crippen molar-refractivity contribution in [1.82, 2.24) is 10.2 Å². The predicted octanol–water partition coefficient (Wildman–Crippen LogP) is 3.84. The number of hydrogen-bond donors (Lipinski definition) is 1. The van der Waals surface area contributed by atoms with Crippen LogP contribution in [0.5, 0.6) is 0 Å². The minimum Gasteiger partial charge on any atom is -0.294 e. The Bertz CT molecular complexity index is 833. The van der Waals surface area contributed by atoms with Crippen molar-refractivity contribution in [2.24, 2.45) is 0 Å². The van der Waals surface area contributed by atoms with Gasteiger partial charge in [-0.25, -0.2) is 0 Å². The molecule has 2 aromatic heterocycles. The fraction of sp³-hybridized carbons (Fsp3) is 0.176. The first-order valence-corrected chi connectivity index (χ1v) is 8.03. The summed E-state index contributed by atoms with van der Waals surface area (Å²) in [5.74, 6) is -0.0402. The fourth-order valence-electron chi connectivity index (χ4n) is 2.98. The van der Waals surface area contributed by atoms with Gasteiger partial charge in [-0.3, -0.25) is 14.8 Å². The maximum Gasteiger partial charge on any atom is 0.280 e. The number of hydrogen-bond acceptors (Lipinski definition) is 3. The number of aromatic amines is 1. The Kier molecular flexibility index (Phi) is 2.90. The molecule has 1 aliphatic rings. The van der Waals surface area contributed by atoms with E-state index in [9.17, 15) is 4.79 Å². The average molecular weight is 309 g/mol. The normalized spacial score (nSPS) is 17.1. The molecule has 1 aromatic carbocycles. The fourth-order valence-corrected chi connectivity index (χ4v) is 3.81. The number of aromatic nitrogens is 2. The zero-order chi connectivity index (χ0) is 15.3. The van der Waals surface area contributed by atoms with Crippen molar-refractivity contribution in [3.05, 3.63) is 69.2 Å². The Balaban J connectivity index is 1.90. The maximum atomic E-state index is 12.8. The summed E-state index contributed by atoms with van der Waals surface area (Å²) in [4.78, 5) is 15.9. The lowest BCUT2D eigenvalue weighted by Crippen LogP contribution is -2.28. The van der Waals surface area contributed by atoms with E-state index in [2.05, 4.69) is 16.3 Å². The topological polar surface area (TPSA) is 49.0 Å². The Morgan fingerprint density at radius 1 is 1.18 bits per heavy atom. The van der Waals surface area contributed by atoms with Crippen LogP contribution in [0.15, 0.2) is 41.8 Å². The van der Waals surface area contributed by atoms with Crippen molar-refractivity contribution >= 4 is 22.9 Å². The van der Waals surface area contributed by atoms with Gasteiger partial charge in [0.25, 0.3) is 5.91 Å². The summed E-state index contributed by atoms with van der Waals surface area (Å²) in [7, 11) is 0. The van der Waals surface area contributed by atoms with Crippen LogP contribution in [-0.2, 0) is 0 Å². The minimum absolute atomic E-state index is 0.0402. The first kappa shape index (κ1) is 13.3. The molecule has 4 rings (SSSR count). The zero-order valence-corrected chi connectivity index (χ0v) is 13.1. The molecule has 5 heteroatoms. The molecule has 1 N–H and O–H groups in total. The standard InChI is InChI=1S/C17H15N3OS/c1-10-5-7-12(8-6-10)20-16(13-4-3-9-22-13)14-11(2)18-19-15(14)17(20)21/h3-9,16H,1-2H3,(H,18,19)/t16-/m0/s1. The SMILES string of the molecule is Cc1ccc(N2C(=O)c3n[nH]c(C)c3[C@@H]2c2cccs2)cc1. The molecule has 0 saturated carbocycles. The van der Waals surface area contributed by atoms with Crippen molar-refractivity contribution in [2.45, 2.75) is 19.9 Å². The predicted molar refractivity (Wildman–Crippen MR) is 87.5 cm³/mol. The number of aryl methyl sites for hydroxylation is 2. The first-order valence-electron chi connectivity index (χ1n) is 7.15. The summed E-state index contributed by atoms with van der Waals surface area (Å²) < 4.78 is 0. The smallest absolute Gasteiger partial charge is 0.280 e. The number of carbonyl (C=O) groups is 1. The van der Waals surface area contributed by atoms with E-state index < -0.39 is 0 Å². The zero-order valence-electron chi connectivity index (χ0n) is 12.3. The highest BCUT2D eigenvalue weighted by atomic mass is 32.1. The van der Waals surface area contributed by atoms with Gasteiger partial charge in [0.15, 0.2) is 5.69 Å². The van der Waals surface area contributed by atoms with E-state index in [4.69, 9.17) is 0 Å². The third kappa shape index (κ3) is 1.82. The number of rotatable bonds is 2. The number of benzene rings is 1. The van der Waals surface area contributed by atoms with E-state index in [0.29, 0.717) is 5.69 Å². The van der Waals surface area contributed by atoms with E-state index >= 15 is 0 Å². The van der Waals surface area contributed by atoms with Gasteiger partial charge in [-0.05, 0) is 37.4 Å². The van der Waals surface area contributed by atoms with Crippen molar-refractivity contribution in [3.8, 4) is 0 Å². The van der Waals surface area contributed by atoms with E-state index in [1.807, 2.05) is 54.5 Å². The molecule has 3 aromatic rings. The van der Waals surface area contributed by atoms with Crippen LogP contribution >= 0.6 is 11.3 Å². The van der Waals surface area contributed by atoms with Gasteiger partial charge in [-0.2, -0.15) is 5.10 Å². The van der Waals surface area contributed by atoms with Gasteiger partial charge in [0.2, 0.25) is 0 Å². The molecule has 0 radical (unpaired) electrons. The molecule has 3 heterocycles. The van der Waals surface area contributed by atoms with Crippen LogP contribution in [0.25, 0.3) is 0 Å². The molecule has 0 spiro atoms. The summed E-state index contributed by atoms with van der Waals surface area (Å²) in [6.45, 7) is 4.01. The largest absolute Gasteiger partial charge is 0.294 e. The van der Waals surface area contributed by atoms with Crippen molar-refractivity contribution in [3.63, 3.8) is 0 Å². The van der Waals surface area contributed by atoms with Crippen LogP contribution in [0.4, 0.5) is 5.69 Å². The molecular formula is C17H15N3OS. The van der Waals surface area contributed by atoms with Crippen molar-refractivity contribution < 1.29 is 4.79 Å². The van der Waals surface area contributed by atoms with E-state index in [0.717, 1.165) is 21.8 Å². The van der Waals surface area contributed by atoms with Gasteiger partial charge < -0.3 is 0 Å². The lowest BCUT2D eigenvalue weighted by atomic mass is 10.1. The number of carbonyl (C=O) groups excluding carboxylic acids is 1. The third-order valence-electron chi connectivity index (χ3n) is 4.07. The average Bonchev–Trinajstić information content (AvgIpc) is 3.20. The van der Waals surface area contributed by atoms with E-state index in [1.54, 1.807) is 11.3 Å². The van der Waals surface area contributed by atoms with Crippen LogP contribution < -0.4 is 4.90 Å². The second kappa shape index (κ2) is 4.81. The molecule has 110 valence electrons. The van der Waals surface area contributed by atoms with Crippen molar-refractivity contribution in [1.29, 1.82) is 0 Å². The minimum atomic E-state index is -0.0936. The first-order chi connectivity index (χ1) is 10.7. The second-order valence-electron chi connectivity index (χ2n) is 5.54. The molecule has 1 atom stereocenters. The second-order valence-corrected chi connectivity index (χ2v) is 6.52. The summed E-state index contributed by atoms with van der Waals surface area (Å²) in [5.41, 5.74) is 4.57. The molecule has 0 bridgehead atoms. The van der Waals surface area contributed by atoms with Gasteiger partial charge in [-0.15, -0.1) is 11.3 Å². The van der Waals surface area contributed by atoms with Crippen LogP contribution in [0.2, 0.25) is 0 Å². The molecular weight excluding hydrogens is 294 g/mol. The van der Waals surface area contributed by atoms with Gasteiger partial charge in [0.1, 0.15) is 6.04 Å². The Morgan fingerprint density at radius 2 is 1.95 bits per heavy atom. The molecule has 0 unspecified atom stereocenters. The third-order valence-corrected chi connectivity index (χ3v) is 5.00. The Labute approximate surface area is 132 Å². The number of nitrogens with one attached hydrogen (secondary N) is 1. The van der Waals surface area contributed by atoms with Crippen LogP contribution in [0, 0.1) is 13.8 Å². The van der Waals surface area contributed by atoms with Gasteiger partial charge in [0.05, 0.1) is 0 Å². The quantitative estimate of drug-likeness (QED) is 0.782. The molecule has 0 aliphatic carbocycles. The monoisotopic (exact) mass is 309 g/mol. The number of anilines is 1. The summed E-state index contributed by atoms with van der Waals surface area (Å²) in [6.07, 6.45) is 0. The van der Waals surface area contributed by atoms with Crippen molar-refractivity contribution in [2.75, 3.05) is 4.90 Å².